The van der Waals surface area contributed by atoms with Crippen molar-refractivity contribution < 1.29 is 62.6 Å². The van der Waals surface area contributed by atoms with Crippen LogP contribution in [0.25, 0.3) is 0 Å². The van der Waals surface area contributed by atoms with Gasteiger partial charge in [-0.25, -0.2) is 4.79 Å². The van der Waals surface area contributed by atoms with Gasteiger partial charge < -0.3 is 38.6 Å². The Morgan fingerprint density at radius 1 is 0.853 bits per heavy atom. The maximum absolute atomic E-state index is 11.8. The minimum Gasteiger partial charge on any atom is -0.504 e. The van der Waals surface area contributed by atoms with Gasteiger partial charge in [0, 0.05) is 27.7 Å². The summed E-state index contributed by atoms with van der Waals surface area (Å²) < 4.78 is 32.1. The third-order valence-corrected chi connectivity index (χ3v) is 4.40. The van der Waals surface area contributed by atoms with Crippen LogP contribution in [0.5, 0.6) is 11.5 Å². The zero-order valence-electron chi connectivity index (χ0n) is 18.7. The van der Waals surface area contributed by atoms with Crippen LogP contribution < -0.4 is 4.74 Å². The molecule has 0 spiro atoms. The number of benzene rings is 1. The Labute approximate surface area is 193 Å². The minimum absolute atomic E-state index is 0.230. The van der Waals surface area contributed by atoms with Gasteiger partial charge in [0.2, 0.25) is 12.4 Å². The zero-order valence-corrected chi connectivity index (χ0v) is 18.7. The van der Waals surface area contributed by atoms with Gasteiger partial charge in [0.05, 0.1) is 5.56 Å². The maximum atomic E-state index is 11.8. The summed E-state index contributed by atoms with van der Waals surface area (Å²) in [5.41, 5.74) is -0.230. The standard InChI is InChI=1S/C21H24O13/c1-9(22)29-8-16-17(30-10(2)23)18(31-11(3)24)19(32-12(4)25)21(34-16)33-15-6-5-13(20(27)28)7-14(15)26/h5-7,16-19,21,26H,8H2,1-4H3,(H,27,28)/t16-,17+,18+,19+,21?/m1/s1. The van der Waals surface area contributed by atoms with Crippen molar-refractivity contribution in [3.05, 3.63) is 23.8 Å². The van der Waals surface area contributed by atoms with Gasteiger partial charge in [-0.15, -0.1) is 0 Å². The molecule has 0 bridgehead atoms. The number of phenolic OH excluding ortho intramolecular Hbond substituents is 1. The van der Waals surface area contributed by atoms with Crippen molar-refractivity contribution in [2.75, 3.05) is 6.61 Å². The van der Waals surface area contributed by atoms with Gasteiger partial charge in [0.25, 0.3) is 0 Å². The lowest BCUT2D eigenvalue weighted by Crippen LogP contribution is -2.63. The second-order valence-electron chi connectivity index (χ2n) is 7.17. The van der Waals surface area contributed by atoms with Crippen LogP contribution in [0, 0.1) is 0 Å². The number of ether oxygens (including phenoxy) is 6. The monoisotopic (exact) mass is 484 g/mol. The Morgan fingerprint density at radius 3 is 1.91 bits per heavy atom. The molecule has 1 unspecified atom stereocenters. The third kappa shape index (κ3) is 7.07. The molecule has 1 heterocycles. The van der Waals surface area contributed by atoms with Crippen LogP contribution in [0.4, 0.5) is 0 Å². The van der Waals surface area contributed by atoms with Gasteiger partial charge in [0.15, 0.2) is 23.7 Å². The molecule has 13 nitrogen and oxygen atoms in total. The highest BCUT2D eigenvalue weighted by atomic mass is 16.7. The number of hydrogen-bond donors (Lipinski definition) is 2. The molecule has 2 rings (SSSR count). The molecular formula is C21H24O13. The first-order valence-electron chi connectivity index (χ1n) is 9.92. The molecule has 0 aliphatic carbocycles. The van der Waals surface area contributed by atoms with Gasteiger partial charge in [-0.3, -0.25) is 19.2 Å². The minimum atomic E-state index is -1.57. The van der Waals surface area contributed by atoms with Crippen LogP contribution in [-0.2, 0) is 42.9 Å². The predicted molar refractivity (Wildman–Crippen MR) is 108 cm³/mol. The van der Waals surface area contributed by atoms with Crippen LogP contribution >= 0.6 is 0 Å². The zero-order chi connectivity index (χ0) is 25.6. The highest BCUT2D eigenvalue weighted by molar-refractivity contribution is 5.88. The number of carboxylic acid groups (broad SMARTS) is 1. The molecule has 0 aromatic heterocycles. The van der Waals surface area contributed by atoms with Crippen LogP contribution in [-0.4, -0.2) is 77.4 Å². The first-order valence-corrected chi connectivity index (χ1v) is 9.92. The first kappa shape index (κ1) is 26.4. The van der Waals surface area contributed by atoms with Crippen molar-refractivity contribution in [1.82, 2.24) is 0 Å². The van der Waals surface area contributed by atoms with E-state index in [2.05, 4.69) is 0 Å². The van der Waals surface area contributed by atoms with Gasteiger partial charge in [-0.05, 0) is 18.2 Å². The smallest absolute Gasteiger partial charge is 0.335 e. The normalized spacial score (nSPS) is 23.8. The molecule has 0 amide bonds. The van der Waals surface area contributed by atoms with Crippen LogP contribution in [0.2, 0.25) is 0 Å². The Balaban J connectivity index is 2.49. The quantitative estimate of drug-likeness (QED) is 0.386. The number of phenols is 1. The van der Waals surface area contributed by atoms with E-state index in [1.807, 2.05) is 0 Å². The van der Waals surface area contributed by atoms with Crippen molar-refractivity contribution in [2.45, 2.75) is 58.4 Å². The Kier molecular flexibility index (Phi) is 8.78. The fourth-order valence-electron chi connectivity index (χ4n) is 3.16. The molecule has 0 radical (unpaired) electrons. The summed E-state index contributed by atoms with van der Waals surface area (Å²) in [5, 5.41) is 19.2. The van der Waals surface area contributed by atoms with E-state index in [1.54, 1.807) is 0 Å². The van der Waals surface area contributed by atoms with Gasteiger partial charge in [-0.2, -0.15) is 0 Å². The molecule has 1 saturated heterocycles. The average Bonchev–Trinajstić information content (AvgIpc) is 2.71. The van der Waals surface area contributed by atoms with Gasteiger partial charge in [-0.1, -0.05) is 0 Å². The number of hydrogen-bond acceptors (Lipinski definition) is 12. The molecule has 34 heavy (non-hydrogen) atoms. The molecular weight excluding hydrogens is 460 g/mol. The molecule has 186 valence electrons. The molecule has 2 N–H and O–H groups in total. The Hall–Kier alpha value is -3.87. The lowest BCUT2D eigenvalue weighted by atomic mass is 9.98. The number of aromatic carboxylic acids is 1. The van der Waals surface area contributed by atoms with E-state index in [-0.39, 0.29) is 11.3 Å². The lowest BCUT2D eigenvalue weighted by molar-refractivity contribution is -0.288. The third-order valence-electron chi connectivity index (χ3n) is 4.40. The lowest BCUT2D eigenvalue weighted by Gasteiger charge is -2.43. The van der Waals surface area contributed by atoms with Gasteiger partial charge in [0.1, 0.15) is 12.7 Å². The van der Waals surface area contributed by atoms with Crippen molar-refractivity contribution >= 4 is 29.8 Å². The van der Waals surface area contributed by atoms with Crippen LogP contribution in [0.15, 0.2) is 18.2 Å². The highest BCUT2D eigenvalue weighted by Crippen LogP contribution is 2.34. The van der Waals surface area contributed by atoms with Crippen molar-refractivity contribution in [3.63, 3.8) is 0 Å². The van der Waals surface area contributed by atoms with E-state index in [0.29, 0.717) is 0 Å². The molecule has 1 fully saturated rings. The number of esters is 4. The molecule has 13 heteroatoms. The molecule has 1 aromatic rings. The summed E-state index contributed by atoms with van der Waals surface area (Å²) in [4.78, 5) is 57.7. The summed E-state index contributed by atoms with van der Waals surface area (Å²) in [5.74, 6) is -5.26. The number of carbonyl (C=O) groups excluding carboxylic acids is 4. The fraction of sp³-hybridized carbons (Fsp3) is 0.476. The summed E-state index contributed by atoms with van der Waals surface area (Å²) in [6.45, 7) is 3.89. The van der Waals surface area contributed by atoms with E-state index >= 15 is 0 Å². The Morgan fingerprint density at radius 2 is 1.41 bits per heavy atom. The second kappa shape index (κ2) is 11.3. The van der Waals surface area contributed by atoms with Crippen LogP contribution in [0.1, 0.15) is 38.1 Å². The maximum Gasteiger partial charge on any atom is 0.335 e. The predicted octanol–water partition coefficient (Wildman–Crippen LogP) is 0.552. The number of rotatable bonds is 8. The van der Waals surface area contributed by atoms with E-state index < -0.39 is 72.9 Å². The summed E-state index contributed by atoms with van der Waals surface area (Å²) >= 11 is 0. The number of carboxylic acids is 1. The second-order valence-corrected chi connectivity index (χ2v) is 7.17. The van der Waals surface area contributed by atoms with Gasteiger partial charge >= 0.3 is 29.8 Å². The van der Waals surface area contributed by atoms with E-state index in [0.717, 1.165) is 45.9 Å². The average molecular weight is 484 g/mol. The largest absolute Gasteiger partial charge is 0.504 e. The fourth-order valence-corrected chi connectivity index (χ4v) is 3.16. The van der Waals surface area contributed by atoms with Crippen molar-refractivity contribution in [1.29, 1.82) is 0 Å². The van der Waals surface area contributed by atoms with E-state index in [4.69, 9.17) is 33.5 Å². The van der Waals surface area contributed by atoms with Crippen molar-refractivity contribution in [3.8, 4) is 11.5 Å². The first-order chi connectivity index (χ1) is 15.9. The van der Waals surface area contributed by atoms with Crippen molar-refractivity contribution in [2.24, 2.45) is 0 Å². The molecule has 1 aromatic carbocycles. The molecule has 0 saturated carbocycles. The number of carbonyl (C=O) groups is 5. The topological polar surface area (TPSA) is 181 Å². The SMILES string of the molecule is CC(=O)OC[C@H]1OC(Oc2ccc(C(=O)O)cc2O)[C@@H](OC(C)=O)[C@@H](OC(C)=O)[C@H]1OC(C)=O. The van der Waals surface area contributed by atoms with E-state index in [1.165, 1.54) is 0 Å². The Bertz CT molecular complexity index is 956. The molecule has 5 atom stereocenters. The summed E-state index contributed by atoms with van der Waals surface area (Å²) in [6.07, 6.45) is -7.13. The summed E-state index contributed by atoms with van der Waals surface area (Å²) in [7, 11) is 0. The molecule has 1 aliphatic rings. The van der Waals surface area contributed by atoms with Crippen LogP contribution in [0.3, 0.4) is 0 Å². The highest BCUT2D eigenvalue weighted by Gasteiger charge is 2.53. The number of aromatic hydroxyl groups is 1. The summed E-state index contributed by atoms with van der Waals surface area (Å²) in [6, 6.07) is 3.19. The molecule has 1 aliphatic heterocycles. The van der Waals surface area contributed by atoms with E-state index in [9.17, 15) is 29.1 Å².